The number of hydrogen-bond acceptors (Lipinski definition) is 0. The minimum Gasteiger partial charge on any atom is -0.0870 e. The van der Waals surface area contributed by atoms with Crippen molar-refractivity contribution in [1.82, 2.24) is 0 Å². The zero-order valence-corrected chi connectivity index (χ0v) is 9.91. The molecule has 0 aromatic heterocycles. The first-order valence-corrected chi connectivity index (χ1v) is 5.67. The lowest BCUT2D eigenvalue weighted by molar-refractivity contribution is 1.59. The molecule has 0 saturated heterocycles. The zero-order chi connectivity index (χ0) is 11.4. The molecule has 0 aliphatic carbocycles. The molecule has 0 radical (unpaired) electrons. The summed E-state index contributed by atoms with van der Waals surface area (Å²) >= 11 is 6.37. The van der Waals surface area contributed by atoms with Crippen LogP contribution < -0.4 is 0 Å². The number of rotatable bonds is 2. The van der Waals surface area contributed by atoms with Crippen LogP contribution in [0.2, 0.25) is 5.02 Å². The molecule has 0 saturated carbocycles. The molecule has 0 aliphatic rings. The Labute approximate surface area is 101 Å². The van der Waals surface area contributed by atoms with Crippen molar-refractivity contribution in [3.05, 3.63) is 65.2 Å². The molecule has 0 fully saturated rings. The Hall–Kier alpha value is -1.53. The summed E-state index contributed by atoms with van der Waals surface area (Å²) in [4.78, 5) is 0. The number of halogens is 1. The molecular formula is C15H13Cl. The van der Waals surface area contributed by atoms with Crippen molar-refractivity contribution >= 4 is 17.7 Å². The van der Waals surface area contributed by atoms with Crippen LogP contribution in [0.1, 0.15) is 12.5 Å². The minimum absolute atomic E-state index is 0.812. The molecule has 0 heterocycles. The van der Waals surface area contributed by atoms with Crippen molar-refractivity contribution < 1.29 is 0 Å². The van der Waals surface area contributed by atoms with Crippen LogP contribution in [0.4, 0.5) is 0 Å². The van der Waals surface area contributed by atoms with E-state index in [4.69, 9.17) is 11.6 Å². The molecule has 0 unspecified atom stereocenters. The van der Waals surface area contributed by atoms with E-state index < -0.39 is 0 Å². The van der Waals surface area contributed by atoms with Crippen LogP contribution in [0.3, 0.4) is 0 Å². The van der Waals surface area contributed by atoms with Crippen molar-refractivity contribution in [2.75, 3.05) is 0 Å². The predicted molar refractivity (Wildman–Crippen MR) is 71.6 cm³/mol. The molecule has 2 aromatic rings. The van der Waals surface area contributed by atoms with Gasteiger partial charge in [-0.05, 0) is 18.1 Å². The predicted octanol–water partition coefficient (Wildman–Crippen LogP) is 5.04. The summed E-state index contributed by atoms with van der Waals surface area (Å²) in [6, 6.07) is 16.3. The van der Waals surface area contributed by atoms with E-state index in [9.17, 15) is 0 Å². The SMILES string of the molecule is CC=Cc1cccc(-c2ccccc2)c1Cl. The molecular weight excluding hydrogens is 216 g/mol. The molecule has 0 spiro atoms. The molecule has 0 bridgehead atoms. The molecule has 0 N–H and O–H groups in total. The lowest BCUT2D eigenvalue weighted by Crippen LogP contribution is -1.82. The van der Waals surface area contributed by atoms with E-state index >= 15 is 0 Å². The van der Waals surface area contributed by atoms with E-state index in [1.807, 2.05) is 55.5 Å². The van der Waals surface area contributed by atoms with Crippen molar-refractivity contribution in [3.63, 3.8) is 0 Å². The maximum Gasteiger partial charge on any atom is 0.0556 e. The summed E-state index contributed by atoms with van der Waals surface area (Å²) in [7, 11) is 0. The van der Waals surface area contributed by atoms with Gasteiger partial charge in [0.1, 0.15) is 0 Å². The van der Waals surface area contributed by atoms with Crippen LogP contribution in [-0.2, 0) is 0 Å². The molecule has 80 valence electrons. The highest BCUT2D eigenvalue weighted by Crippen LogP contribution is 2.31. The first kappa shape index (κ1) is 11.0. The second-order valence-corrected chi connectivity index (χ2v) is 3.95. The molecule has 2 rings (SSSR count). The van der Waals surface area contributed by atoms with E-state index in [1.54, 1.807) is 0 Å². The monoisotopic (exact) mass is 228 g/mol. The molecule has 16 heavy (non-hydrogen) atoms. The summed E-state index contributed by atoms with van der Waals surface area (Å²) in [5, 5.41) is 0.812. The lowest BCUT2D eigenvalue weighted by atomic mass is 10.0. The zero-order valence-electron chi connectivity index (χ0n) is 9.15. The number of allylic oxidation sites excluding steroid dienone is 1. The largest absolute Gasteiger partial charge is 0.0870 e. The van der Waals surface area contributed by atoms with Crippen LogP contribution in [0.25, 0.3) is 17.2 Å². The number of hydrogen-bond donors (Lipinski definition) is 0. The Bertz CT molecular complexity index is 498. The Morgan fingerprint density at radius 2 is 1.69 bits per heavy atom. The third-order valence-corrected chi connectivity index (χ3v) is 2.88. The van der Waals surface area contributed by atoms with Crippen LogP contribution >= 0.6 is 11.6 Å². The fraction of sp³-hybridized carbons (Fsp3) is 0.0667. The van der Waals surface area contributed by atoms with Gasteiger partial charge in [-0.1, -0.05) is 72.3 Å². The Kier molecular flexibility index (Phi) is 3.43. The van der Waals surface area contributed by atoms with E-state index in [1.165, 1.54) is 0 Å². The standard InChI is InChI=1S/C15H13Cl/c1-2-7-13-10-6-11-14(15(13)16)12-8-4-3-5-9-12/h2-11H,1H3. The van der Waals surface area contributed by atoms with Crippen LogP contribution in [-0.4, -0.2) is 0 Å². The number of benzene rings is 2. The summed E-state index contributed by atoms with van der Waals surface area (Å²) in [6.45, 7) is 1.99. The molecule has 0 atom stereocenters. The minimum atomic E-state index is 0.812. The van der Waals surface area contributed by atoms with Gasteiger partial charge in [-0.25, -0.2) is 0 Å². The van der Waals surface area contributed by atoms with Crippen molar-refractivity contribution in [2.45, 2.75) is 6.92 Å². The first-order chi connectivity index (χ1) is 7.83. The highest BCUT2D eigenvalue weighted by molar-refractivity contribution is 6.34. The van der Waals surface area contributed by atoms with E-state index in [2.05, 4.69) is 12.1 Å². The maximum atomic E-state index is 6.37. The van der Waals surface area contributed by atoms with Gasteiger partial charge in [-0.2, -0.15) is 0 Å². The average molecular weight is 229 g/mol. The van der Waals surface area contributed by atoms with Crippen LogP contribution in [0.15, 0.2) is 54.6 Å². The third-order valence-electron chi connectivity index (χ3n) is 2.46. The second kappa shape index (κ2) is 5.00. The third kappa shape index (κ3) is 2.17. The summed E-state index contributed by atoms with van der Waals surface area (Å²) in [6.07, 6.45) is 4.02. The summed E-state index contributed by atoms with van der Waals surface area (Å²) in [5.74, 6) is 0. The fourth-order valence-electron chi connectivity index (χ4n) is 1.70. The van der Waals surface area contributed by atoms with Gasteiger partial charge in [0.15, 0.2) is 0 Å². The van der Waals surface area contributed by atoms with Crippen molar-refractivity contribution in [2.24, 2.45) is 0 Å². The van der Waals surface area contributed by atoms with Gasteiger partial charge in [0.25, 0.3) is 0 Å². The van der Waals surface area contributed by atoms with Crippen LogP contribution in [0, 0.1) is 0 Å². The first-order valence-electron chi connectivity index (χ1n) is 5.29. The average Bonchev–Trinajstić information content (AvgIpc) is 2.33. The second-order valence-electron chi connectivity index (χ2n) is 3.57. The van der Waals surface area contributed by atoms with Gasteiger partial charge >= 0.3 is 0 Å². The van der Waals surface area contributed by atoms with Gasteiger partial charge in [0, 0.05) is 5.56 Å². The maximum absolute atomic E-state index is 6.37. The fourth-order valence-corrected chi connectivity index (χ4v) is 2.00. The smallest absolute Gasteiger partial charge is 0.0556 e. The van der Waals surface area contributed by atoms with E-state index in [0.717, 1.165) is 21.7 Å². The van der Waals surface area contributed by atoms with Crippen LogP contribution in [0.5, 0.6) is 0 Å². The Morgan fingerprint density at radius 1 is 0.938 bits per heavy atom. The Balaban J connectivity index is 2.54. The molecule has 0 aliphatic heterocycles. The van der Waals surface area contributed by atoms with Crippen molar-refractivity contribution in [3.8, 4) is 11.1 Å². The van der Waals surface area contributed by atoms with Gasteiger partial charge in [-0.3, -0.25) is 0 Å². The van der Waals surface area contributed by atoms with Gasteiger partial charge in [0.05, 0.1) is 5.02 Å². The summed E-state index contributed by atoms with van der Waals surface area (Å²) < 4.78 is 0. The lowest BCUT2D eigenvalue weighted by Gasteiger charge is -2.06. The van der Waals surface area contributed by atoms with Gasteiger partial charge < -0.3 is 0 Å². The molecule has 0 nitrogen and oxygen atoms in total. The molecule has 1 heteroatoms. The van der Waals surface area contributed by atoms with Gasteiger partial charge in [-0.15, -0.1) is 0 Å². The van der Waals surface area contributed by atoms with E-state index in [-0.39, 0.29) is 0 Å². The highest BCUT2D eigenvalue weighted by atomic mass is 35.5. The Morgan fingerprint density at radius 3 is 2.38 bits per heavy atom. The van der Waals surface area contributed by atoms with Crippen molar-refractivity contribution in [1.29, 1.82) is 0 Å². The quantitative estimate of drug-likeness (QED) is 0.676. The molecule has 0 amide bonds. The normalized spacial score (nSPS) is 10.9. The highest BCUT2D eigenvalue weighted by Gasteiger charge is 2.05. The topological polar surface area (TPSA) is 0 Å². The summed E-state index contributed by atoms with van der Waals surface area (Å²) in [5.41, 5.74) is 3.29. The van der Waals surface area contributed by atoms with Gasteiger partial charge in [0.2, 0.25) is 0 Å². The molecule has 2 aromatic carbocycles. The van der Waals surface area contributed by atoms with E-state index in [0.29, 0.717) is 0 Å².